The zero-order valence-corrected chi connectivity index (χ0v) is 24.6. The van der Waals surface area contributed by atoms with E-state index in [2.05, 4.69) is 16.0 Å². The fraction of sp³-hybridized carbons (Fsp3) is 0.542. The number of hydrogen-bond acceptors (Lipinski definition) is 5. The van der Waals surface area contributed by atoms with Gasteiger partial charge in [-0.1, -0.05) is 36.8 Å². The molecule has 0 bridgehead atoms. The monoisotopic (exact) mass is 513 g/mol. The summed E-state index contributed by atoms with van der Waals surface area (Å²) in [5.74, 6) is -0.257. The summed E-state index contributed by atoms with van der Waals surface area (Å²) < 4.78 is 5.30. The molecule has 1 aliphatic carbocycles. The van der Waals surface area contributed by atoms with Crippen LogP contribution in [0.3, 0.4) is 0 Å². The van der Waals surface area contributed by atoms with Gasteiger partial charge < -0.3 is 25.5 Å². The molecule has 1 aromatic rings. The van der Waals surface area contributed by atoms with Crippen molar-refractivity contribution >= 4 is 17.6 Å². The first-order valence-corrected chi connectivity index (χ1v) is 11.1. The first-order chi connectivity index (χ1) is 15.0. The Bertz CT molecular complexity index is 778. The average Bonchev–Trinajstić information content (AvgIpc) is 2.81. The number of carbonyl (C=O) groups excluding carboxylic acids is 3. The third kappa shape index (κ3) is 10.4. The van der Waals surface area contributed by atoms with Gasteiger partial charge in [-0.05, 0) is 38.5 Å². The Morgan fingerprint density at radius 2 is 1.81 bits per heavy atom. The zero-order chi connectivity index (χ0) is 22.5. The Morgan fingerprint density at radius 3 is 2.50 bits per heavy atom. The summed E-state index contributed by atoms with van der Waals surface area (Å²) in [7, 11) is 1.86. The van der Waals surface area contributed by atoms with E-state index in [9.17, 15) is 14.4 Å². The molecule has 170 valence electrons. The van der Waals surface area contributed by atoms with E-state index in [0.29, 0.717) is 31.6 Å². The van der Waals surface area contributed by atoms with Gasteiger partial charge in [0.05, 0.1) is 12.5 Å². The minimum atomic E-state index is -0.332. The molecule has 0 heterocycles. The molecule has 1 aliphatic rings. The molecule has 0 atom stereocenters. The molecule has 7 nitrogen and oxygen atoms in total. The quantitative estimate of drug-likeness (QED) is 0.298. The smallest absolute Gasteiger partial charge is 0.648 e. The van der Waals surface area contributed by atoms with Gasteiger partial charge in [0.25, 0.3) is 0 Å². The van der Waals surface area contributed by atoms with Crippen LogP contribution < -0.4 is 68.8 Å². The molecule has 2 N–H and O–H groups in total. The molecule has 0 unspecified atom stereocenters. The molecule has 0 fully saturated rings. The summed E-state index contributed by atoms with van der Waals surface area (Å²) in [6.07, 6.45) is 5.76. The fourth-order valence-corrected chi connectivity index (χ4v) is 3.44. The van der Waals surface area contributed by atoms with E-state index in [0.717, 1.165) is 48.9 Å². The van der Waals surface area contributed by atoms with E-state index >= 15 is 0 Å². The molecule has 2 rings (SSSR count). The van der Waals surface area contributed by atoms with Crippen molar-refractivity contribution in [2.24, 2.45) is 0 Å². The Hall–Kier alpha value is -0.865. The topological polar surface area (TPSA) is 98.6 Å². The zero-order valence-electron chi connectivity index (χ0n) is 19.7. The van der Waals surface area contributed by atoms with E-state index in [-0.39, 0.29) is 88.9 Å². The summed E-state index contributed by atoms with van der Waals surface area (Å²) in [6, 6.07) is 7.27. The van der Waals surface area contributed by atoms with E-state index in [1.807, 2.05) is 26.1 Å². The van der Waals surface area contributed by atoms with Gasteiger partial charge in [-0.15, -0.1) is 6.54 Å². The summed E-state index contributed by atoms with van der Waals surface area (Å²) in [5, 5.41) is 9.97. The predicted octanol–water partition coefficient (Wildman–Crippen LogP) is 0.644. The summed E-state index contributed by atoms with van der Waals surface area (Å²) in [4.78, 5) is 36.1. The van der Waals surface area contributed by atoms with Gasteiger partial charge in [-0.25, -0.2) is 0 Å². The molecule has 0 radical (unpaired) electrons. The second-order valence-corrected chi connectivity index (χ2v) is 7.66. The van der Waals surface area contributed by atoms with Gasteiger partial charge in [0, 0.05) is 43.5 Å². The summed E-state index contributed by atoms with van der Waals surface area (Å²) >= 11 is 0. The molecular weight excluding hydrogens is 480 g/mol. The maximum absolute atomic E-state index is 12.8. The second-order valence-electron chi connectivity index (χ2n) is 7.66. The van der Waals surface area contributed by atoms with Gasteiger partial charge in [0.2, 0.25) is 5.91 Å². The maximum Gasteiger partial charge on any atom is 1.00 e. The molecule has 2 amide bonds. The van der Waals surface area contributed by atoms with Crippen molar-refractivity contribution in [1.82, 2.24) is 10.6 Å². The molecule has 32 heavy (non-hydrogen) atoms. The molecule has 0 spiro atoms. The van der Waals surface area contributed by atoms with E-state index in [1.165, 1.54) is 0 Å². The van der Waals surface area contributed by atoms with Gasteiger partial charge in [-0.2, -0.15) is 0 Å². The van der Waals surface area contributed by atoms with Gasteiger partial charge in [-0.3, -0.25) is 9.59 Å². The van der Waals surface area contributed by atoms with Crippen LogP contribution in [0.15, 0.2) is 35.5 Å². The van der Waals surface area contributed by atoms with Crippen molar-refractivity contribution < 1.29 is 77.3 Å². The third-order valence-corrected chi connectivity index (χ3v) is 5.19. The molecule has 0 saturated heterocycles. The van der Waals surface area contributed by atoms with Crippen LogP contribution in [0.4, 0.5) is 0 Å². The van der Waals surface area contributed by atoms with E-state index in [1.54, 1.807) is 12.1 Å². The minimum Gasteiger partial charge on any atom is -0.648 e. The van der Waals surface area contributed by atoms with Crippen LogP contribution in [0.5, 0.6) is 0 Å². The number of ketones is 1. The third-order valence-electron chi connectivity index (χ3n) is 5.19. The predicted molar refractivity (Wildman–Crippen MR) is 121 cm³/mol. The molecule has 8 heteroatoms. The van der Waals surface area contributed by atoms with Crippen molar-refractivity contribution in [2.45, 2.75) is 58.4 Å². The molecular formula is C24H34N3O4Rb. The normalized spacial score (nSPS) is 13.2. The Labute approximate surface area is 240 Å². The van der Waals surface area contributed by atoms with Crippen LogP contribution in [0, 0.1) is 0 Å². The number of allylic oxidation sites excluding steroid dienone is 2. The van der Waals surface area contributed by atoms with Crippen molar-refractivity contribution in [2.75, 3.05) is 26.8 Å². The van der Waals surface area contributed by atoms with Crippen molar-refractivity contribution in [3.63, 3.8) is 0 Å². The number of Topliss-reactive ketones (excluding diaryl/α,β-unsaturated/α-hetero) is 1. The maximum atomic E-state index is 12.8. The molecule has 0 aromatic heterocycles. The van der Waals surface area contributed by atoms with Crippen molar-refractivity contribution in [3.8, 4) is 0 Å². The number of hydrogen-bond donors (Lipinski definition) is 2. The van der Waals surface area contributed by atoms with Crippen molar-refractivity contribution in [3.05, 3.63) is 52.0 Å². The van der Waals surface area contributed by atoms with Crippen LogP contribution in [0.25, 0.3) is 5.32 Å². The Kier molecular flexibility index (Phi) is 15.2. The summed E-state index contributed by atoms with van der Waals surface area (Å²) in [5.41, 5.74) is 3.44. The number of nitrogens with zero attached hydrogens (tertiary/aromatic N) is 1. The number of amides is 2. The second kappa shape index (κ2) is 16.7. The molecule has 0 saturated carbocycles. The largest absolute Gasteiger partial charge is 1.00 e. The van der Waals surface area contributed by atoms with E-state index < -0.39 is 0 Å². The van der Waals surface area contributed by atoms with Crippen LogP contribution >= 0.6 is 0 Å². The number of benzene rings is 1. The first kappa shape index (κ1) is 29.2. The van der Waals surface area contributed by atoms with Crippen LogP contribution in [0.2, 0.25) is 0 Å². The average molecular weight is 514 g/mol. The van der Waals surface area contributed by atoms with Crippen LogP contribution in [0.1, 0.15) is 67.8 Å². The van der Waals surface area contributed by atoms with Gasteiger partial charge in [0.15, 0.2) is 5.78 Å². The number of ether oxygens (including phenoxy) is 1. The van der Waals surface area contributed by atoms with Crippen LogP contribution in [-0.2, 0) is 20.9 Å². The van der Waals surface area contributed by atoms with E-state index in [4.69, 9.17) is 4.74 Å². The molecule has 1 aromatic carbocycles. The number of carbonyl (C=O) groups is 3. The first-order valence-electron chi connectivity index (χ1n) is 11.1. The van der Waals surface area contributed by atoms with Gasteiger partial charge >= 0.3 is 58.2 Å². The minimum absolute atomic E-state index is 0. The van der Waals surface area contributed by atoms with Crippen molar-refractivity contribution in [1.29, 1.82) is 0 Å². The van der Waals surface area contributed by atoms with Gasteiger partial charge in [0.1, 0.15) is 0 Å². The fourth-order valence-electron chi connectivity index (χ4n) is 3.44. The SMILES string of the molecule is CCCNC(=O)CCCOCC(=O)[N-]Cc1ccc(C(=O)C2=C(NC)CCCC2)cc1.[Rb+]. The Morgan fingerprint density at radius 1 is 1.09 bits per heavy atom. The number of nitrogens with one attached hydrogen (secondary N) is 2. The molecule has 0 aliphatic heterocycles. The summed E-state index contributed by atoms with van der Waals surface area (Å²) in [6.45, 7) is 3.19. The number of rotatable bonds is 13. The Balaban J connectivity index is 0.00000512. The standard InChI is InChI=1S/C24H35N3O4.Rb/c1-3-14-26-22(28)9-6-15-31-17-23(29)27-16-18-10-12-19(13-11-18)24(30)20-7-4-5-8-21(20)25-2;/h10-13H,3-9,14-17H2,1-2H3,(H3,25,26,27,28,29,30);/q;+1/p-1. The van der Waals surface area contributed by atoms with Crippen LogP contribution in [-0.4, -0.2) is 44.4 Å².